The lowest BCUT2D eigenvalue weighted by Gasteiger charge is -2.34. The maximum atomic E-state index is 13.5. The summed E-state index contributed by atoms with van der Waals surface area (Å²) in [6, 6.07) is 5.26. The maximum absolute atomic E-state index is 13.5. The second-order valence-corrected chi connectivity index (χ2v) is 8.74. The van der Waals surface area contributed by atoms with Crippen molar-refractivity contribution in [1.82, 2.24) is 18.9 Å². The summed E-state index contributed by atoms with van der Waals surface area (Å²) in [6.45, 7) is 5.26. The highest BCUT2D eigenvalue weighted by atomic mass is 32.1. The van der Waals surface area contributed by atoms with Crippen LogP contribution >= 0.6 is 23.6 Å². The molecule has 0 amide bonds. The van der Waals surface area contributed by atoms with Crippen molar-refractivity contribution in [3.63, 3.8) is 0 Å². The van der Waals surface area contributed by atoms with Gasteiger partial charge in [-0.1, -0.05) is 6.07 Å². The lowest BCUT2D eigenvalue weighted by atomic mass is 10.2. The van der Waals surface area contributed by atoms with E-state index in [2.05, 4.69) is 16.8 Å². The number of nitrogens with zero attached hydrogens (tertiary/aromatic N) is 5. The summed E-state index contributed by atoms with van der Waals surface area (Å²) >= 11 is 6.60. The van der Waals surface area contributed by atoms with Crippen LogP contribution < -0.4 is 16.0 Å². The van der Waals surface area contributed by atoms with Crippen LogP contribution in [0.5, 0.6) is 0 Å². The first-order valence-corrected chi connectivity index (χ1v) is 10.3. The molecule has 0 atom stereocenters. The van der Waals surface area contributed by atoms with Crippen molar-refractivity contribution in [2.45, 2.75) is 6.92 Å². The van der Waals surface area contributed by atoms with Gasteiger partial charge in [0.15, 0.2) is 3.95 Å². The van der Waals surface area contributed by atoms with Gasteiger partial charge in [0.25, 0.3) is 11.1 Å². The molecule has 0 unspecified atom stereocenters. The molecule has 0 bridgehead atoms. The van der Waals surface area contributed by atoms with Crippen LogP contribution in [-0.2, 0) is 7.05 Å². The molecule has 7 nitrogen and oxygen atoms in total. The molecule has 4 rings (SSSR count). The Hall–Kier alpha value is -2.36. The molecule has 0 N–H and O–H groups in total. The zero-order valence-corrected chi connectivity index (χ0v) is 17.6. The zero-order chi connectivity index (χ0) is 20.0. The number of aromatic nitrogens is 3. The van der Waals surface area contributed by atoms with Gasteiger partial charge in [-0.15, -0.1) is 11.3 Å². The van der Waals surface area contributed by atoms with Crippen molar-refractivity contribution < 1.29 is 0 Å². The second-order valence-electron chi connectivity index (χ2n) is 7.06. The molecule has 1 aliphatic heterocycles. The van der Waals surface area contributed by atoms with Crippen LogP contribution in [0.2, 0.25) is 0 Å². The smallest absolute Gasteiger partial charge is 0.268 e. The summed E-state index contributed by atoms with van der Waals surface area (Å²) < 4.78 is 3.40. The third kappa shape index (κ3) is 3.19. The lowest BCUT2D eigenvalue weighted by molar-refractivity contribution is 0.312. The molecule has 0 saturated carbocycles. The Balaban J connectivity index is 2.05. The van der Waals surface area contributed by atoms with E-state index in [1.807, 2.05) is 19.1 Å². The summed E-state index contributed by atoms with van der Waals surface area (Å²) in [7, 11) is 3.72. The first-order chi connectivity index (χ1) is 13.4. The molecule has 4 heterocycles. The van der Waals surface area contributed by atoms with E-state index in [1.165, 1.54) is 22.0 Å². The fourth-order valence-corrected chi connectivity index (χ4v) is 4.58. The Labute approximate surface area is 171 Å². The van der Waals surface area contributed by atoms with Crippen molar-refractivity contribution in [2.24, 2.45) is 7.05 Å². The van der Waals surface area contributed by atoms with Crippen LogP contribution in [0, 0.1) is 10.9 Å². The number of fused-ring (bicyclic) bond motifs is 1. The number of rotatable bonds is 2. The zero-order valence-electron chi connectivity index (χ0n) is 16.0. The van der Waals surface area contributed by atoms with Crippen molar-refractivity contribution in [3.8, 4) is 10.4 Å². The van der Waals surface area contributed by atoms with E-state index < -0.39 is 0 Å². The topological polar surface area (TPSA) is 62.9 Å². The monoisotopic (exact) mass is 415 g/mol. The van der Waals surface area contributed by atoms with Crippen LogP contribution in [0.15, 0.2) is 34.0 Å². The fourth-order valence-electron chi connectivity index (χ4n) is 3.36. The Morgan fingerprint density at radius 3 is 2.54 bits per heavy atom. The quantitative estimate of drug-likeness (QED) is 0.596. The van der Waals surface area contributed by atoms with Crippen LogP contribution in [0.4, 0.5) is 5.82 Å². The van der Waals surface area contributed by atoms with E-state index in [1.54, 1.807) is 17.6 Å². The average molecular weight is 416 g/mol. The predicted octanol–water partition coefficient (Wildman–Crippen LogP) is 1.91. The lowest BCUT2D eigenvalue weighted by Crippen LogP contribution is -2.45. The van der Waals surface area contributed by atoms with Crippen LogP contribution in [-0.4, -0.2) is 52.1 Å². The van der Waals surface area contributed by atoms with Crippen LogP contribution in [0.25, 0.3) is 16.1 Å². The third-order valence-corrected chi connectivity index (χ3v) is 6.65. The van der Waals surface area contributed by atoms with Gasteiger partial charge >= 0.3 is 0 Å². The number of hydrogen-bond donors (Lipinski definition) is 0. The highest BCUT2D eigenvalue weighted by Gasteiger charge is 2.24. The molecule has 0 spiro atoms. The second kappa shape index (κ2) is 7.23. The minimum absolute atomic E-state index is 0.179. The first kappa shape index (κ1) is 19.0. The summed E-state index contributed by atoms with van der Waals surface area (Å²) in [6.07, 6.45) is 1.72. The minimum atomic E-state index is -0.225. The number of anilines is 1. The Morgan fingerprint density at radius 2 is 1.86 bits per heavy atom. The Bertz CT molecular complexity index is 1200. The fraction of sp³-hybridized carbons (Fsp3) is 0.368. The van der Waals surface area contributed by atoms with Gasteiger partial charge in [-0.2, -0.15) is 0 Å². The summed E-state index contributed by atoms with van der Waals surface area (Å²) in [5, 5.41) is 0. The number of likely N-dealkylation sites (N-methyl/N-ethyl adjacent to an activating group) is 1. The van der Waals surface area contributed by atoms with E-state index in [4.69, 9.17) is 17.2 Å². The van der Waals surface area contributed by atoms with Gasteiger partial charge in [-0.05, 0) is 37.8 Å². The van der Waals surface area contributed by atoms with E-state index >= 15 is 0 Å². The van der Waals surface area contributed by atoms with Gasteiger partial charge in [0.05, 0.1) is 4.88 Å². The predicted molar refractivity (Wildman–Crippen MR) is 115 cm³/mol. The molecule has 9 heteroatoms. The van der Waals surface area contributed by atoms with Gasteiger partial charge in [0, 0.05) is 45.5 Å². The van der Waals surface area contributed by atoms with E-state index in [-0.39, 0.29) is 11.1 Å². The molecular formula is C19H21N5O2S2. The van der Waals surface area contributed by atoms with Gasteiger partial charge in [-0.3, -0.25) is 18.6 Å². The number of pyridine rings is 1. The molecular weight excluding hydrogens is 394 g/mol. The molecule has 146 valence electrons. The van der Waals surface area contributed by atoms with Crippen molar-refractivity contribution in [1.29, 1.82) is 0 Å². The molecule has 3 aromatic heterocycles. The molecule has 0 aromatic carbocycles. The number of piperazine rings is 1. The van der Waals surface area contributed by atoms with Gasteiger partial charge in [-0.25, -0.2) is 4.98 Å². The number of hydrogen-bond acceptors (Lipinski definition) is 7. The summed E-state index contributed by atoms with van der Waals surface area (Å²) in [5.74, 6) is 0.631. The summed E-state index contributed by atoms with van der Waals surface area (Å²) in [5.41, 5.74) is 1.61. The third-order valence-electron chi connectivity index (χ3n) is 5.14. The molecule has 1 aliphatic rings. The molecule has 1 saturated heterocycles. The van der Waals surface area contributed by atoms with Crippen molar-refractivity contribution in [3.05, 3.63) is 54.6 Å². The largest absolute Gasteiger partial charge is 0.353 e. The molecule has 0 radical (unpaired) electrons. The van der Waals surface area contributed by atoms with Gasteiger partial charge < -0.3 is 9.80 Å². The van der Waals surface area contributed by atoms with Crippen LogP contribution in [0.1, 0.15) is 5.56 Å². The number of aryl methyl sites for hydroxylation is 1. The molecule has 1 fully saturated rings. The van der Waals surface area contributed by atoms with E-state index in [0.717, 1.165) is 31.7 Å². The SMILES string of the molecule is Cc1cccn2c(=O)c(-c3cc(=O)n(C)c(=S)s3)c(N3CCN(C)CC3)nc12. The Kier molecular flexibility index (Phi) is 4.90. The standard InChI is InChI=1S/C19H21N5O2S2/c1-12-5-4-6-24-16(12)20-17(23-9-7-21(2)8-10-23)15(18(24)26)13-11-14(25)22(3)19(27)28-13/h4-6,11H,7-10H2,1-3H3. The summed E-state index contributed by atoms with van der Waals surface area (Å²) in [4.78, 5) is 35.6. The van der Waals surface area contributed by atoms with Crippen LogP contribution in [0.3, 0.4) is 0 Å². The van der Waals surface area contributed by atoms with Gasteiger partial charge in [0.1, 0.15) is 17.0 Å². The molecule has 28 heavy (non-hydrogen) atoms. The molecule has 3 aromatic rings. The minimum Gasteiger partial charge on any atom is -0.353 e. The van der Waals surface area contributed by atoms with E-state index in [9.17, 15) is 9.59 Å². The maximum Gasteiger partial charge on any atom is 0.268 e. The highest BCUT2D eigenvalue weighted by Crippen LogP contribution is 2.30. The Morgan fingerprint density at radius 1 is 1.14 bits per heavy atom. The first-order valence-electron chi connectivity index (χ1n) is 9.04. The van der Waals surface area contributed by atoms with Gasteiger partial charge in [0.2, 0.25) is 0 Å². The van der Waals surface area contributed by atoms with E-state index in [0.29, 0.717) is 25.9 Å². The average Bonchev–Trinajstić information content (AvgIpc) is 2.67. The molecule has 0 aliphatic carbocycles. The van der Waals surface area contributed by atoms with Crippen molar-refractivity contribution in [2.75, 3.05) is 38.1 Å². The van der Waals surface area contributed by atoms with Crippen molar-refractivity contribution >= 4 is 35.0 Å². The highest BCUT2D eigenvalue weighted by molar-refractivity contribution is 7.73. The normalized spacial score (nSPS) is 15.3.